The van der Waals surface area contributed by atoms with Gasteiger partial charge in [0.2, 0.25) is 0 Å². The van der Waals surface area contributed by atoms with Crippen molar-refractivity contribution in [1.29, 1.82) is 0 Å². The molecule has 0 aromatic heterocycles. The third-order valence-corrected chi connectivity index (χ3v) is 4.20. The Morgan fingerprint density at radius 2 is 1.84 bits per heavy atom. The van der Waals surface area contributed by atoms with E-state index in [0.29, 0.717) is 13.0 Å². The normalized spacial score (nSPS) is 22.5. The highest BCUT2D eigenvalue weighted by Crippen LogP contribution is 2.32. The Labute approximate surface area is 120 Å². The minimum Gasteiger partial charge on any atom is -0.330 e. The van der Waals surface area contributed by atoms with Crippen LogP contribution in [0.25, 0.3) is 0 Å². The van der Waals surface area contributed by atoms with Crippen LogP contribution in [0.4, 0.5) is 0 Å². The summed E-state index contributed by atoms with van der Waals surface area (Å²) < 4.78 is 0. The Kier molecular flexibility index (Phi) is 12.4. The van der Waals surface area contributed by atoms with Crippen molar-refractivity contribution in [3.05, 3.63) is 0 Å². The van der Waals surface area contributed by atoms with Crippen molar-refractivity contribution in [1.82, 2.24) is 0 Å². The smallest absolute Gasteiger partial charge is 0.129 e. The Morgan fingerprint density at radius 3 is 2.37 bits per heavy atom. The Morgan fingerprint density at radius 1 is 1.16 bits per heavy atom. The van der Waals surface area contributed by atoms with Crippen LogP contribution in [0.5, 0.6) is 0 Å². The first kappa shape index (κ1) is 18.6. The third-order valence-electron chi connectivity index (χ3n) is 4.20. The van der Waals surface area contributed by atoms with E-state index in [1.807, 2.05) is 0 Å². The number of nitrogens with two attached hydrogens (primary N) is 1. The maximum atomic E-state index is 10.3. The van der Waals surface area contributed by atoms with Gasteiger partial charge in [-0.3, -0.25) is 0 Å². The molecule has 1 aliphatic rings. The lowest BCUT2D eigenvalue weighted by Crippen LogP contribution is -2.16. The molecule has 19 heavy (non-hydrogen) atoms. The van der Waals surface area contributed by atoms with Gasteiger partial charge in [-0.25, -0.2) is 0 Å². The fourth-order valence-corrected chi connectivity index (χ4v) is 2.81. The van der Waals surface area contributed by atoms with E-state index in [2.05, 4.69) is 13.8 Å². The van der Waals surface area contributed by atoms with E-state index in [0.717, 1.165) is 24.7 Å². The molecule has 0 radical (unpaired) electrons. The molecular weight excluding hydrogens is 234 g/mol. The second kappa shape index (κ2) is 12.7. The van der Waals surface area contributed by atoms with Gasteiger partial charge >= 0.3 is 0 Å². The Hall–Kier alpha value is -0.370. The zero-order chi connectivity index (χ0) is 14.5. The predicted octanol–water partition coefficient (Wildman–Crippen LogP) is 4.71. The predicted molar refractivity (Wildman–Crippen MR) is 84.2 cm³/mol. The molecular formula is C17H35NO. The first-order valence-corrected chi connectivity index (χ1v) is 8.31. The molecule has 2 unspecified atom stereocenters. The van der Waals surface area contributed by atoms with Gasteiger partial charge in [0.05, 0.1) is 0 Å². The molecule has 2 atom stereocenters. The fourth-order valence-electron chi connectivity index (χ4n) is 2.81. The second-order valence-electron chi connectivity index (χ2n) is 6.11. The number of carbonyl (C=O) groups is 1. The van der Waals surface area contributed by atoms with Gasteiger partial charge in [-0.15, -0.1) is 0 Å². The van der Waals surface area contributed by atoms with Crippen molar-refractivity contribution in [2.75, 3.05) is 6.54 Å². The number of ketones is 1. The standard InChI is InChI=1S/C11H22.C6H13NO/c1-3-4-8-11-9-6-5-7-10(11)2;1-6(8)4-2-3-5-7/h10-11H,3-9H2,1-2H3;2-5,7H2,1H3. The highest BCUT2D eigenvalue weighted by molar-refractivity contribution is 5.75. The van der Waals surface area contributed by atoms with Crippen LogP contribution in [0.2, 0.25) is 0 Å². The third kappa shape index (κ3) is 11.2. The highest BCUT2D eigenvalue weighted by Gasteiger charge is 2.19. The van der Waals surface area contributed by atoms with Gasteiger partial charge in [0.25, 0.3) is 0 Å². The molecule has 0 spiro atoms. The van der Waals surface area contributed by atoms with Crippen LogP contribution in [0.15, 0.2) is 0 Å². The van der Waals surface area contributed by atoms with E-state index in [9.17, 15) is 4.79 Å². The first-order valence-electron chi connectivity index (χ1n) is 8.31. The molecule has 1 fully saturated rings. The molecule has 2 N–H and O–H groups in total. The minimum atomic E-state index is 0.262. The number of hydrogen-bond donors (Lipinski definition) is 1. The van der Waals surface area contributed by atoms with Crippen LogP contribution in [-0.2, 0) is 4.79 Å². The number of unbranched alkanes of at least 4 members (excludes halogenated alkanes) is 2. The maximum absolute atomic E-state index is 10.3. The van der Waals surface area contributed by atoms with Crippen LogP contribution in [0.1, 0.15) is 85.0 Å². The van der Waals surface area contributed by atoms with Crippen LogP contribution in [0.3, 0.4) is 0 Å². The molecule has 2 heteroatoms. The summed E-state index contributed by atoms with van der Waals surface area (Å²) in [4.78, 5) is 10.3. The van der Waals surface area contributed by atoms with Crippen LogP contribution < -0.4 is 5.73 Å². The summed E-state index contributed by atoms with van der Waals surface area (Å²) in [5.41, 5.74) is 5.20. The molecule has 0 heterocycles. The lowest BCUT2D eigenvalue weighted by molar-refractivity contribution is -0.117. The molecule has 0 bridgehead atoms. The lowest BCUT2D eigenvalue weighted by atomic mass is 9.78. The summed E-state index contributed by atoms with van der Waals surface area (Å²) in [5.74, 6) is 2.36. The summed E-state index contributed by atoms with van der Waals surface area (Å²) >= 11 is 0. The zero-order valence-electron chi connectivity index (χ0n) is 13.4. The average Bonchev–Trinajstić information content (AvgIpc) is 2.39. The van der Waals surface area contributed by atoms with Crippen molar-refractivity contribution < 1.29 is 4.79 Å². The van der Waals surface area contributed by atoms with Gasteiger partial charge in [-0.2, -0.15) is 0 Å². The number of Topliss-reactive ketones (excluding diaryl/α,β-unsaturated/α-hetero) is 1. The Balaban J connectivity index is 0.000000362. The number of carbonyl (C=O) groups excluding carboxylic acids is 1. The van der Waals surface area contributed by atoms with Crippen molar-refractivity contribution >= 4 is 5.78 Å². The summed E-state index contributed by atoms with van der Waals surface area (Å²) in [7, 11) is 0. The monoisotopic (exact) mass is 269 g/mol. The largest absolute Gasteiger partial charge is 0.330 e. The lowest BCUT2D eigenvalue weighted by Gasteiger charge is -2.28. The van der Waals surface area contributed by atoms with Gasteiger partial charge in [0.1, 0.15) is 5.78 Å². The van der Waals surface area contributed by atoms with E-state index >= 15 is 0 Å². The van der Waals surface area contributed by atoms with E-state index in [4.69, 9.17) is 5.73 Å². The average molecular weight is 269 g/mol. The SMILES string of the molecule is CC(=O)CCCCN.CCCCC1CCCCC1C. The van der Waals surface area contributed by atoms with Gasteiger partial charge in [0.15, 0.2) is 0 Å². The van der Waals surface area contributed by atoms with Crippen molar-refractivity contribution in [2.45, 2.75) is 85.0 Å². The molecule has 2 nitrogen and oxygen atoms in total. The summed E-state index contributed by atoms with van der Waals surface area (Å²) in [5, 5.41) is 0. The van der Waals surface area contributed by atoms with Crippen molar-refractivity contribution in [2.24, 2.45) is 17.6 Å². The van der Waals surface area contributed by atoms with Crippen LogP contribution in [0, 0.1) is 11.8 Å². The molecule has 0 aromatic carbocycles. The minimum absolute atomic E-state index is 0.262. The molecule has 114 valence electrons. The van der Waals surface area contributed by atoms with Gasteiger partial charge in [0, 0.05) is 6.42 Å². The van der Waals surface area contributed by atoms with Gasteiger partial charge in [-0.1, -0.05) is 58.8 Å². The summed E-state index contributed by atoms with van der Waals surface area (Å²) in [6, 6.07) is 0. The number of hydrogen-bond acceptors (Lipinski definition) is 2. The molecule has 0 amide bonds. The highest BCUT2D eigenvalue weighted by atomic mass is 16.1. The van der Waals surface area contributed by atoms with Crippen LogP contribution >= 0.6 is 0 Å². The van der Waals surface area contributed by atoms with E-state index in [-0.39, 0.29) is 5.78 Å². The summed E-state index contributed by atoms with van der Waals surface area (Å²) in [6.45, 7) is 7.05. The second-order valence-corrected chi connectivity index (χ2v) is 6.11. The van der Waals surface area contributed by atoms with Crippen molar-refractivity contribution in [3.63, 3.8) is 0 Å². The molecule has 0 aromatic rings. The van der Waals surface area contributed by atoms with Crippen LogP contribution in [-0.4, -0.2) is 12.3 Å². The van der Waals surface area contributed by atoms with E-state index < -0.39 is 0 Å². The van der Waals surface area contributed by atoms with Gasteiger partial charge < -0.3 is 10.5 Å². The molecule has 1 rings (SSSR count). The topological polar surface area (TPSA) is 43.1 Å². The van der Waals surface area contributed by atoms with E-state index in [1.165, 1.54) is 44.9 Å². The molecule has 0 saturated heterocycles. The fraction of sp³-hybridized carbons (Fsp3) is 0.941. The van der Waals surface area contributed by atoms with E-state index in [1.54, 1.807) is 6.92 Å². The first-order chi connectivity index (χ1) is 9.11. The Bertz CT molecular complexity index is 215. The maximum Gasteiger partial charge on any atom is 0.129 e. The summed E-state index contributed by atoms with van der Waals surface area (Å²) in [6.07, 6.45) is 12.9. The quantitative estimate of drug-likeness (QED) is 0.680. The van der Waals surface area contributed by atoms with Gasteiger partial charge in [-0.05, 0) is 38.1 Å². The number of rotatable bonds is 7. The molecule has 1 aliphatic carbocycles. The molecule has 0 aliphatic heterocycles. The molecule has 1 saturated carbocycles. The van der Waals surface area contributed by atoms with Crippen molar-refractivity contribution in [3.8, 4) is 0 Å². The zero-order valence-corrected chi connectivity index (χ0v) is 13.4.